The molecular formula is C34H34N4O4. The number of hydrazine groups is 1. The van der Waals surface area contributed by atoms with Gasteiger partial charge in [0.25, 0.3) is 0 Å². The minimum Gasteiger partial charge on any atom is -0.444 e. The van der Waals surface area contributed by atoms with Crippen molar-refractivity contribution < 1.29 is 19.1 Å². The number of ether oxygens (including phenoxy) is 1. The van der Waals surface area contributed by atoms with E-state index in [1.54, 1.807) is 17.0 Å². The molecular weight excluding hydrogens is 528 g/mol. The summed E-state index contributed by atoms with van der Waals surface area (Å²) in [5.74, 6) is -0.327. The lowest BCUT2D eigenvalue weighted by atomic mass is 9.94. The van der Waals surface area contributed by atoms with Gasteiger partial charge in [-0.25, -0.2) is 14.8 Å². The van der Waals surface area contributed by atoms with Crippen molar-refractivity contribution >= 4 is 28.7 Å². The fourth-order valence-electron chi connectivity index (χ4n) is 6.18. The summed E-state index contributed by atoms with van der Waals surface area (Å²) in [6, 6.07) is 32.1. The Balaban J connectivity index is 1.37. The molecule has 4 aromatic rings. The maximum absolute atomic E-state index is 14.3. The van der Waals surface area contributed by atoms with Crippen LogP contribution in [0.5, 0.6) is 0 Å². The van der Waals surface area contributed by atoms with Gasteiger partial charge in [-0.3, -0.25) is 9.59 Å². The maximum atomic E-state index is 14.3. The minimum absolute atomic E-state index is 0.0362. The Kier molecular flexibility index (Phi) is 7.63. The number of piperazine rings is 1. The third-order valence-electron chi connectivity index (χ3n) is 8.27. The molecule has 0 bridgehead atoms. The van der Waals surface area contributed by atoms with Gasteiger partial charge in [0.2, 0.25) is 11.8 Å². The lowest BCUT2D eigenvalue weighted by Crippen LogP contribution is -2.78. The molecule has 2 aliphatic rings. The summed E-state index contributed by atoms with van der Waals surface area (Å²) in [6.07, 6.45) is -0.952. The number of nitrogens with zero attached hydrogens (tertiary/aromatic N) is 4. The van der Waals surface area contributed by atoms with Crippen LogP contribution in [0, 0.1) is 0 Å². The molecule has 1 unspecified atom stereocenters. The number of rotatable bonds is 6. The van der Waals surface area contributed by atoms with Crippen LogP contribution in [0.3, 0.4) is 0 Å². The number of likely N-dealkylation sites (N-methyl/N-ethyl adjacent to an activating group) is 1. The molecule has 3 amide bonds. The fraction of sp³-hybridized carbons (Fsp3) is 0.265. The third kappa shape index (κ3) is 5.21. The van der Waals surface area contributed by atoms with Crippen LogP contribution in [0.4, 0.5) is 4.79 Å². The predicted octanol–water partition coefficient (Wildman–Crippen LogP) is 4.84. The number of amides is 3. The van der Waals surface area contributed by atoms with Gasteiger partial charge in [-0.05, 0) is 34.4 Å². The van der Waals surface area contributed by atoms with Gasteiger partial charge in [0, 0.05) is 20.0 Å². The Morgan fingerprint density at radius 3 is 2.21 bits per heavy atom. The zero-order valence-corrected chi connectivity index (χ0v) is 23.8. The highest BCUT2D eigenvalue weighted by Gasteiger charge is 2.54. The molecule has 2 aliphatic heterocycles. The number of hydrogen-bond donors (Lipinski definition) is 0. The van der Waals surface area contributed by atoms with Crippen molar-refractivity contribution in [3.63, 3.8) is 0 Å². The van der Waals surface area contributed by atoms with Gasteiger partial charge >= 0.3 is 6.09 Å². The average molecular weight is 563 g/mol. The minimum atomic E-state index is -0.769. The molecule has 0 spiro atoms. The number of fused-ring (bicyclic) bond motifs is 2. The van der Waals surface area contributed by atoms with E-state index in [4.69, 9.17) is 4.74 Å². The molecule has 0 N–H and O–H groups in total. The van der Waals surface area contributed by atoms with Crippen LogP contribution in [0.25, 0.3) is 10.8 Å². The summed E-state index contributed by atoms with van der Waals surface area (Å²) >= 11 is 0. The lowest BCUT2D eigenvalue weighted by Gasteiger charge is -2.57. The van der Waals surface area contributed by atoms with Gasteiger partial charge in [-0.2, -0.15) is 0 Å². The third-order valence-corrected chi connectivity index (χ3v) is 8.27. The molecule has 0 aromatic heterocycles. The molecule has 6 rings (SSSR count). The largest absolute Gasteiger partial charge is 0.444 e. The summed E-state index contributed by atoms with van der Waals surface area (Å²) in [4.78, 5) is 45.1. The molecule has 8 nitrogen and oxygen atoms in total. The first-order valence-corrected chi connectivity index (χ1v) is 14.3. The molecule has 8 heteroatoms. The molecule has 0 radical (unpaired) electrons. The second-order valence-electron chi connectivity index (χ2n) is 11.0. The van der Waals surface area contributed by atoms with E-state index < -0.39 is 24.3 Å². The maximum Gasteiger partial charge on any atom is 0.426 e. The highest BCUT2D eigenvalue weighted by Crippen LogP contribution is 2.34. The van der Waals surface area contributed by atoms with Crippen molar-refractivity contribution in [1.82, 2.24) is 19.8 Å². The zero-order valence-electron chi connectivity index (χ0n) is 23.8. The van der Waals surface area contributed by atoms with Gasteiger partial charge in [-0.1, -0.05) is 103 Å². The first-order valence-electron chi connectivity index (χ1n) is 14.3. The van der Waals surface area contributed by atoms with Gasteiger partial charge in [0.05, 0.1) is 12.6 Å². The second kappa shape index (κ2) is 11.7. The Morgan fingerprint density at radius 1 is 0.833 bits per heavy atom. The SMILES string of the molecule is C[C@H]1C2N(C(=O)CN(C)N2C(=O)OCc2ccccc2)[C@@H](Cc2ccccc2)C(=O)N1Cc1cccc2ccccc12. The number of hydrogen-bond acceptors (Lipinski definition) is 5. The summed E-state index contributed by atoms with van der Waals surface area (Å²) in [7, 11) is 1.71. The fourth-order valence-corrected chi connectivity index (χ4v) is 6.18. The molecule has 0 aliphatic carbocycles. The Bertz CT molecular complexity index is 1590. The van der Waals surface area contributed by atoms with Gasteiger partial charge in [0.15, 0.2) is 0 Å². The number of carbonyl (C=O) groups is 3. The molecule has 0 saturated carbocycles. The smallest absolute Gasteiger partial charge is 0.426 e. The topological polar surface area (TPSA) is 73.4 Å². The summed E-state index contributed by atoms with van der Waals surface area (Å²) in [5.41, 5.74) is 2.82. The number of benzene rings is 4. The molecule has 2 saturated heterocycles. The monoisotopic (exact) mass is 562 g/mol. The normalized spacial score (nSPS) is 21.0. The highest BCUT2D eigenvalue weighted by atomic mass is 16.6. The molecule has 2 heterocycles. The Morgan fingerprint density at radius 2 is 1.48 bits per heavy atom. The Labute approximate surface area is 245 Å². The van der Waals surface area contributed by atoms with Crippen LogP contribution in [-0.4, -0.2) is 69.6 Å². The van der Waals surface area contributed by atoms with Gasteiger partial charge in [-0.15, -0.1) is 0 Å². The highest BCUT2D eigenvalue weighted by molar-refractivity contribution is 5.92. The van der Waals surface area contributed by atoms with E-state index in [1.807, 2.05) is 96.8 Å². The van der Waals surface area contributed by atoms with Crippen LogP contribution in [0.2, 0.25) is 0 Å². The van der Waals surface area contributed by atoms with E-state index in [-0.39, 0.29) is 25.0 Å². The molecule has 4 aromatic carbocycles. The van der Waals surface area contributed by atoms with Crippen molar-refractivity contribution in [2.24, 2.45) is 0 Å². The first-order chi connectivity index (χ1) is 20.4. The van der Waals surface area contributed by atoms with Crippen LogP contribution in [-0.2, 0) is 33.9 Å². The average Bonchev–Trinajstić information content (AvgIpc) is 3.01. The van der Waals surface area contributed by atoms with E-state index in [9.17, 15) is 14.4 Å². The van der Waals surface area contributed by atoms with Gasteiger partial charge in [0.1, 0.15) is 18.8 Å². The number of carbonyl (C=O) groups excluding carboxylic acids is 3. The van der Waals surface area contributed by atoms with Crippen molar-refractivity contribution in [3.8, 4) is 0 Å². The summed E-state index contributed by atoms with van der Waals surface area (Å²) in [6.45, 7) is 2.32. The van der Waals surface area contributed by atoms with Gasteiger partial charge < -0.3 is 14.5 Å². The quantitative estimate of drug-likeness (QED) is 0.337. The van der Waals surface area contributed by atoms with E-state index in [0.717, 1.165) is 27.5 Å². The molecule has 3 atom stereocenters. The van der Waals surface area contributed by atoms with Crippen LogP contribution in [0.15, 0.2) is 103 Å². The predicted molar refractivity (Wildman–Crippen MR) is 160 cm³/mol. The molecule has 2 fully saturated rings. The first kappa shape index (κ1) is 27.5. The Hall–Kier alpha value is -4.69. The van der Waals surface area contributed by atoms with Crippen molar-refractivity contribution in [2.45, 2.75) is 44.7 Å². The van der Waals surface area contributed by atoms with E-state index >= 15 is 0 Å². The second-order valence-corrected chi connectivity index (χ2v) is 11.0. The van der Waals surface area contributed by atoms with E-state index in [0.29, 0.717) is 13.0 Å². The lowest BCUT2D eigenvalue weighted by molar-refractivity contribution is -0.200. The van der Waals surface area contributed by atoms with E-state index in [2.05, 4.69) is 18.2 Å². The molecule has 214 valence electrons. The van der Waals surface area contributed by atoms with Crippen molar-refractivity contribution in [1.29, 1.82) is 0 Å². The standard InChI is InChI=1S/C34H34N4O4/c1-24-32-37(31(39)22-35(2)38(32)34(41)42-23-26-14-7-4-8-15-26)30(20-25-12-5-3-6-13-25)33(40)36(24)21-28-18-11-17-27-16-9-10-19-29(27)28/h3-19,24,30,32H,20-23H2,1-2H3/t24-,30-,32?/m0/s1. The van der Waals surface area contributed by atoms with Crippen LogP contribution >= 0.6 is 0 Å². The zero-order chi connectivity index (χ0) is 29.2. The molecule has 42 heavy (non-hydrogen) atoms. The summed E-state index contributed by atoms with van der Waals surface area (Å²) < 4.78 is 5.77. The summed E-state index contributed by atoms with van der Waals surface area (Å²) in [5, 5.41) is 5.28. The van der Waals surface area contributed by atoms with Crippen molar-refractivity contribution in [2.75, 3.05) is 13.6 Å². The van der Waals surface area contributed by atoms with Crippen molar-refractivity contribution in [3.05, 3.63) is 120 Å². The van der Waals surface area contributed by atoms with E-state index in [1.165, 1.54) is 5.01 Å². The van der Waals surface area contributed by atoms with Crippen LogP contribution < -0.4 is 0 Å². The van der Waals surface area contributed by atoms with Crippen LogP contribution in [0.1, 0.15) is 23.6 Å².